The number of hydrogen-bond donors (Lipinski definition) is 1. The zero-order chi connectivity index (χ0) is 13.5. The predicted octanol–water partition coefficient (Wildman–Crippen LogP) is 2.37. The van der Waals surface area contributed by atoms with Crippen molar-refractivity contribution < 1.29 is 4.79 Å². The normalized spacial score (nSPS) is 9.32. The second kappa shape index (κ2) is 6.42. The molecule has 0 bridgehead atoms. The van der Waals surface area contributed by atoms with Crippen LogP contribution in [-0.4, -0.2) is 13.0 Å². The monoisotopic (exact) mass is 249 g/mol. The molecule has 0 saturated carbocycles. The van der Waals surface area contributed by atoms with Crippen molar-refractivity contribution in [2.45, 2.75) is 6.42 Å². The SMILES string of the molecule is CNC(=O)Cc1ccccc1C#Cc1ccccc1. The van der Waals surface area contributed by atoms with Crippen LogP contribution in [0, 0.1) is 11.8 Å². The molecule has 0 aliphatic carbocycles. The summed E-state index contributed by atoms with van der Waals surface area (Å²) in [5.74, 6) is 6.23. The van der Waals surface area contributed by atoms with Crippen LogP contribution < -0.4 is 5.32 Å². The van der Waals surface area contributed by atoms with E-state index < -0.39 is 0 Å². The highest BCUT2D eigenvalue weighted by molar-refractivity contribution is 5.79. The summed E-state index contributed by atoms with van der Waals surface area (Å²) in [6, 6.07) is 17.5. The lowest BCUT2D eigenvalue weighted by atomic mass is 10.0. The summed E-state index contributed by atoms with van der Waals surface area (Å²) in [4.78, 5) is 11.4. The molecular formula is C17H15NO. The molecule has 94 valence electrons. The lowest BCUT2D eigenvalue weighted by Gasteiger charge is -2.03. The van der Waals surface area contributed by atoms with Gasteiger partial charge in [0.1, 0.15) is 0 Å². The van der Waals surface area contributed by atoms with Gasteiger partial charge in [-0.05, 0) is 23.8 Å². The van der Waals surface area contributed by atoms with Crippen molar-refractivity contribution in [3.63, 3.8) is 0 Å². The van der Waals surface area contributed by atoms with Gasteiger partial charge >= 0.3 is 0 Å². The molecule has 0 aromatic heterocycles. The Morgan fingerprint density at radius 1 is 1.00 bits per heavy atom. The first-order valence-corrected chi connectivity index (χ1v) is 6.15. The van der Waals surface area contributed by atoms with Gasteiger partial charge in [-0.1, -0.05) is 48.2 Å². The molecule has 2 nitrogen and oxygen atoms in total. The molecule has 0 radical (unpaired) electrons. The Labute approximate surface area is 113 Å². The molecule has 0 saturated heterocycles. The van der Waals surface area contributed by atoms with Crippen LogP contribution >= 0.6 is 0 Å². The molecule has 1 N–H and O–H groups in total. The Balaban J connectivity index is 2.26. The maximum absolute atomic E-state index is 11.4. The van der Waals surface area contributed by atoms with Crippen LogP contribution in [0.15, 0.2) is 54.6 Å². The summed E-state index contributed by atoms with van der Waals surface area (Å²) in [6.45, 7) is 0. The molecule has 0 atom stereocenters. The lowest BCUT2D eigenvalue weighted by molar-refractivity contribution is -0.119. The second-order valence-corrected chi connectivity index (χ2v) is 4.12. The van der Waals surface area contributed by atoms with Gasteiger partial charge in [0.15, 0.2) is 0 Å². The topological polar surface area (TPSA) is 29.1 Å². The number of carbonyl (C=O) groups excluding carboxylic acids is 1. The third-order valence-corrected chi connectivity index (χ3v) is 2.76. The molecule has 0 aliphatic rings. The van der Waals surface area contributed by atoms with Gasteiger partial charge in [-0.15, -0.1) is 0 Å². The average molecular weight is 249 g/mol. The van der Waals surface area contributed by atoms with Crippen LogP contribution in [0.25, 0.3) is 0 Å². The summed E-state index contributed by atoms with van der Waals surface area (Å²) in [5.41, 5.74) is 2.82. The van der Waals surface area contributed by atoms with Gasteiger partial charge in [0, 0.05) is 18.2 Å². The van der Waals surface area contributed by atoms with Gasteiger partial charge in [0.05, 0.1) is 6.42 Å². The Hall–Kier alpha value is -2.53. The fraction of sp³-hybridized carbons (Fsp3) is 0.118. The average Bonchev–Trinajstić information content (AvgIpc) is 2.47. The largest absolute Gasteiger partial charge is 0.359 e. The van der Waals surface area contributed by atoms with Gasteiger partial charge in [-0.25, -0.2) is 0 Å². The van der Waals surface area contributed by atoms with E-state index >= 15 is 0 Å². The van der Waals surface area contributed by atoms with E-state index in [9.17, 15) is 4.79 Å². The van der Waals surface area contributed by atoms with E-state index in [-0.39, 0.29) is 5.91 Å². The molecule has 19 heavy (non-hydrogen) atoms. The van der Waals surface area contributed by atoms with E-state index in [4.69, 9.17) is 0 Å². The summed E-state index contributed by atoms with van der Waals surface area (Å²) >= 11 is 0. The van der Waals surface area contributed by atoms with Crippen molar-refractivity contribution in [1.29, 1.82) is 0 Å². The summed E-state index contributed by atoms with van der Waals surface area (Å²) in [7, 11) is 1.64. The Bertz CT molecular complexity index is 620. The minimum absolute atomic E-state index is 0.00559. The number of likely N-dealkylation sites (N-methyl/N-ethyl adjacent to an activating group) is 1. The van der Waals surface area contributed by atoms with Crippen molar-refractivity contribution in [2.24, 2.45) is 0 Å². The zero-order valence-electron chi connectivity index (χ0n) is 10.8. The van der Waals surface area contributed by atoms with Crippen molar-refractivity contribution in [2.75, 3.05) is 7.05 Å². The molecule has 0 heterocycles. The maximum Gasteiger partial charge on any atom is 0.224 e. The maximum atomic E-state index is 11.4. The first kappa shape index (κ1) is 12.9. The highest BCUT2D eigenvalue weighted by atomic mass is 16.1. The van der Waals surface area contributed by atoms with Crippen molar-refractivity contribution in [1.82, 2.24) is 5.32 Å². The molecule has 0 aliphatic heterocycles. The number of nitrogens with one attached hydrogen (secondary N) is 1. The number of carbonyl (C=O) groups is 1. The summed E-state index contributed by atoms with van der Waals surface area (Å²) in [5, 5.41) is 2.63. The molecule has 1 amide bonds. The summed E-state index contributed by atoms with van der Waals surface area (Å²) < 4.78 is 0. The first-order valence-electron chi connectivity index (χ1n) is 6.15. The summed E-state index contributed by atoms with van der Waals surface area (Å²) in [6.07, 6.45) is 0.357. The van der Waals surface area contributed by atoms with Gasteiger partial charge in [-0.3, -0.25) is 4.79 Å². The number of rotatable bonds is 2. The second-order valence-electron chi connectivity index (χ2n) is 4.12. The van der Waals surface area contributed by atoms with Crippen LogP contribution in [-0.2, 0) is 11.2 Å². The van der Waals surface area contributed by atoms with Gasteiger partial charge in [0.25, 0.3) is 0 Å². The van der Waals surface area contributed by atoms with Crippen LogP contribution in [0.5, 0.6) is 0 Å². The minimum Gasteiger partial charge on any atom is -0.359 e. The van der Waals surface area contributed by atoms with E-state index in [1.165, 1.54) is 0 Å². The quantitative estimate of drug-likeness (QED) is 0.813. The fourth-order valence-corrected chi connectivity index (χ4v) is 1.72. The molecule has 0 fully saturated rings. The molecule has 2 rings (SSSR count). The van der Waals surface area contributed by atoms with Crippen molar-refractivity contribution in [3.05, 3.63) is 71.3 Å². The van der Waals surface area contributed by atoms with Gasteiger partial charge in [0.2, 0.25) is 5.91 Å². The highest BCUT2D eigenvalue weighted by Gasteiger charge is 2.04. The Morgan fingerprint density at radius 3 is 2.42 bits per heavy atom. The molecule has 0 unspecified atom stereocenters. The number of amides is 1. The molecular weight excluding hydrogens is 234 g/mol. The van der Waals surface area contributed by atoms with Crippen LogP contribution in [0.3, 0.4) is 0 Å². The Morgan fingerprint density at radius 2 is 1.68 bits per heavy atom. The third-order valence-electron chi connectivity index (χ3n) is 2.76. The number of hydrogen-bond acceptors (Lipinski definition) is 1. The van der Waals surface area contributed by atoms with E-state index in [2.05, 4.69) is 17.2 Å². The predicted molar refractivity (Wildman–Crippen MR) is 76.6 cm³/mol. The molecule has 2 heteroatoms. The van der Waals surface area contributed by atoms with Crippen LogP contribution in [0.4, 0.5) is 0 Å². The van der Waals surface area contributed by atoms with Crippen LogP contribution in [0.1, 0.15) is 16.7 Å². The van der Waals surface area contributed by atoms with E-state index in [1.807, 2.05) is 54.6 Å². The van der Waals surface area contributed by atoms with Crippen LogP contribution in [0.2, 0.25) is 0 Å². The van der Waals surface area contributed by atoms with Gasteiger partial charge in [-0.2, -0.15) is 0 Å². The molecule has 0 spiro atoms. The minimum atomic E-state index is -0.00559. The van der Waals surface area contributed by atoms with E-state index in [0.717, 1.165) is 16.7 Å². The number of benzene rings is 2. The molecule has 2 aromatic carbocycles. The fourth-order valence-electron chi connectivity index (χ4n) is 1.72. The Kier molecular flexibility index (Phi) is 4.36. The lowest BCUT2D eigenvalue weighted by Crippen LogP contribution is -2.20. The standard InChI is InChI=1S/C17H15NO/c1-18-17(19)13-16-10-6-5-9-15(16)12-11-14-7-3-2-4-8-14/h2-10H,13H2,1H3,(H,18,19). The van der Waals surface area contributed by atoms with Gasteiger partial charge < -0.3 is 5.32 Å². The zero-order valence-corrected chi connectivity index (χ0v) is 10.8. The van der Waals surface area contributed by atoms with E-state index in [1.54, 1.807) is 7.05 Å². The van der Waals surface area contributed by atoms with E-state index in [0.29, 0.717) is 6.42 Å². The molecule has 2 aromatic rings. The first-order chi connectivity index (χ1) is 9.29. The van der Waals surface area contributed by atoms with Crippen molar-refractivity contribution in [3.8, 4) is 11.8 Å². The third kappa shape index (κ3) is 3.72. The smallest absolute Gasteiger partial charge is 0.224 e. The highest BCUT2D eigenvalue weighted by Crippen LogP contribution is 2.08. The van der Waals surface area contributed by atoms with Crippen molar-refractivity contribution >= 4 is 5.91 Å².